The third-order valence-corrected chi connectivity index (χ3v) is 7.09. The molecule has 1 aliphatic heterocycles. The molecule has 3 heterocycles. The number of halogens is 5. The lowest BCUT2D eigenvalue weighted by molar-refractivity contribution is -0.137. The molecule has 0 unspecified atom stereocenters. The number of alkyl halides is 5. The molecule has 2 aromatic heterocycles. The maximum Gasteiger partial charge on any atom is 0.416 e. The molecule has 202 valence electrons. The molecule has 0 amide bonds. The van der Waals surface area contributed by atoms with Crippen LogP contribution in [0.2, 0.25) is 0 Å². The van der Waals surface area contributed by atoms with Gasteiger partial charge in [-0.25, -0.2) is 4.98 Å². The van der Waals surface area contributed by atoms with Crippen LogP contribution in [0.3, 0.4) is 0 Å². The Morgan fingerprint density at radius 3 is 2.44 bits per heavy atom. The van der Waals surface area contributed by atoms with E-state index in [1.54, 1.807) is 54.2 Å². The van der Waals surface area contributed by atoms with Crippen LogP contribution in [0, 0.1) is 0 Å². The van der Waals surface area contributed by atoms with Crippen LogP contribution in [-0.2, 0) is 13.2 Å². The Hall–Kier alpha value is -4.15. The SMILES string of the molecule is Cn1nc(-c2cccc(C(F)(F)F)c2)c2ccc(OC3CCN(c4nc5ccccc5n4C(F)F)CC3)cc21. The number of imidazole rings is 1. The molecule has 0 bridgehead atoms. The Kier molecular flexibility index (Phi) is 6.16. The highest BCUT2D eigenvalue weighted by Crippen LogP contribution is 2.36. The lowest BCUT2D eigenvalue weighted by atomic mass is 10.0. The van der Waals surface area contributed by atoms with Crippen molar-refractivity contribution in [3.8, 4) is 17.0 Å². The fourth-order valence-corrected chi connectivity index (χ4v) is 5.18. The van der Waals surface area contributed by atoms with E-state index in [4.69, 9.17) is 4.74 Å². The number of anilines is 1. The van der Waals surface area contributed by atoms with Crippen molar-refractivity contribution in [1.82, 2.24) is 19.3 Å². The first-order valence-electron chi connectivity index (χ1n) is 12.5. The van der Waals surface area contributed by atoms with E-state index in [2.05, 4.69) is 10.1 Å². The summed E-state index contributed by atoms with van der Waals surface area (Å²) in [4.78, 5) is 6.31. The minimum absolute atomic E-state index is 0.126. The number of fused-ring (bicyclic) bond motifs is 2. The van der Waals surface area contributed by atoms with Crippen molar-refractivity contribution in [3.05, 3.63) is 72.3 Å². The molecule has 3 aromatic carbocycles. The Balaban J connectivity index is 1.19. The molecule has 0 spiro atoms. The van der Waals surface area contributed by atoms with Crippen LogP contribution in [0.15, 0.2) is 66.7 Å². The highest BCUT2D eigenvalue weighted by atomic mass is 19.4. The van der Waals surface area contributed by atoms with Gasteiger partial charge in [-0.05, 0) is 36.4 Å². The van der Waals surface area contributed by atoms with Gasteiger partial charge in [0.15, 0.2) is 0 Å². The van der Waals surface area contributed by atoms with Crippen LogP contribution in [0.1, 0.15) is 25.0 Å². The smallest absolute Gasteiger partial charge is 0.416 e. The van der Waals surface area contributed by atoms with Gasteiger partial charge in [0.25, 0.3) is 0 Å². The first-order valence-corrected chi connectivity index (χ1v) is 12.5. The van der Waals surface area contributed by atoms with Crippen molar-refractivity contribution in [2.24, 2.45) is 7.05 Å². The lowest BCUT2D eigenvalue weighted by Gasteiger charge is -2.33. The van der Waals surface area contributed by atoms with Gasteiger partial charge in [0.05, 0.1) is 22.1 Å². The van der Waals surface area contributed by atoms with Gasteiger partial charge in [0.2, 0.25) is 5.95 Å². The summed E-state index contributed by atoms with van der Waals surface area (Å²) in [5.74, 6) is 0.863. The zero-order valence-corrected chi connectivity index (χ0v) is 20.9. The van der Waals surface area contributed by atoms with Crippen molar-refractivity contribution >= 4 is 27.9 Å². The molecule has 0 N–H and O–H groups in total. The molecule has 11 heteroatoms. The van der Waals surface area contributed by atoms with E-state index < -0.39 is 18.3 Å². The van der Waals surface area contributed by atoms with Crippen molar-refractivity contribution in [2.75, 3.05) is 18.0 Å². The van der Waals surface area contributed by atoms with E-state index in [9.17, 15) is 22.0 Å². The van der Waals surface area contributed by atoms with E-state index in [1.165, 1.54) is 6.07 Å². The van der Waals surface area contributed by atoms with E-state index in [-0.39, 0.29) is 12.1 Å². The topological polar surface area (TPSA) is 48.1 Å². The second kappa shape index (κ2) is 9.55. The van der Waals surface area contributed by atoms with Crippen LogP contribution < -0.4 is 9.64 Å². The average molecular weight is 542 g/mol. The number of piperidine rings is 1. The number of ether oxygens (including phenoxy) is 1. The normalized spacial score (nSPS) is 15.1. The van der Waals surface area contributed by atoms with Gasteiger partial charge in [-0.15, -0.1) is 0 Å². The second-order valence-corrected chi connectivity index (χ2v) is 9.58. The molecular formula is C28H24F5N5O. The predicted octanol–water partition coefficient (Wildman–Crippen LogP) is 7.05. The summed E-state index contributed by atoms with van der Waals surface area (Å²) >= 11 is 0. The number of benzene rings is 3. The van der Waals surface area contributed by atoms with Crippen molar-refractivity contribution in [3.63, 3.8) is 0 Å². The zero-order valence-electron chi connectivity index (χ0n) is 20.9. The number of aromatic nitrogens is 4. The molecule has 1 aliphatic rings. The minimum Gasteiger partial charge on any atom is -0.490 e. The maximum absolute atomic E-state index is 13.9. The lowest BCUT2D eigenvalue weighted by Crippen LogP contribution is -2.39. The van der Waals surface area contributed by atoms with Crippen LogP contribution in [0.5, 0.6) is 5.75 Å². The minimum atomic E-state index is -4.44. The summed E-state index contributed by atoms with van der Waals surface area (Å²) in [6.07, 6.45) is -3.33. The highest BCUT2D eigenvalue weighted by molar-refractivity contribution is 5.94. The van der Waals surface area contributed by atoms with E-state index in [1.807, 2.05) is 11.0 Å². The second-order valence-electron chi connectivity index (χ2n) is 9.58. The number of rotatable bonds is 5. The summed E-state index contributed by atoms with van der Waals surface area (Å²) in [5.41, 5.74) is 1.76. The van der Waals surface area contributed by atoms with E-state index in [0.29, 0.717) is 59.4 Å². The zero-order chi connectivity index (χ0) is 27.3. The molecule has 6 nitrogen and oxygen atoms in total. The van der Waals surface area contributed by atoms with Gasteiger partial charge in [-0.1, -0.05) is 24.3 Å². The molecule has 1 saturated heterocycles. The van der Waals surface area contributed by atoms with Gasteiger partial charge in [-0.2, -0.15) is 27.1 Å². The largest absolute Gasteiger partial charge is 0.490 e. The van der Waals surface area contributed by atoms with Crippen LogP contribution in [0.25, 0.3) is 33.2 Å². The number of aryl methyl sites for hydroxylation is 1. The molecule has 6 rings (SSSR count). The molecule has 39 heavy (non-hydrogen) atoms. The molecule has 1 fully saturated rings. The van der Waals surface area contributed by atoms with Crippen molar-refractivity contribution in [1.29, 1.82) is 0 Å². The third-order valence-electron chi connectivity index (χ3n) is 7.09. The van der Waals surface area contributed by atoms with Gasteiger partial charge in [0.1, 0.15) is 17.5 Å². The first kappa shape index (κ1) is 25.1. The standard InChI is InChI=1S/C28H24F5N5O/c1-36-24-16-20(9-10-21(24)25(35-36)17-5-4-6-18(15-17)28(31,32)33)39-19-11-13-37(14-12-19)27-34-22-7-2-3-8-23(22)38(27)26(29)30/h2-10,15-16,19,26H,11-14H2,1H3. The number of para-hydroxylation sites is 2. The molecular weight excluding hydrogens is 517 g/mol. The third kappa shape index (κ3) is 4.66. The summed E-state index contributed by atoms with van der Waals surface area (Å²) in [7, 11) is 1.73. The number of hydrogen-bond acceptors (Lipinski definition) is 4. The Labute approximate surface area is 220 Å². The average Bonchev–Trinajstić information content (AvgIpc) is 3.47. The van der Waals surface area contributed by atoms with Gasteiger partial charge < -0.3 is 9.64 Å². The summed E-state index contributed by atoms with van der Waals surface area (Å²) in [6, 6.07) is 17.4. The summed E-state index contributed by atoms with van der Waals surface area (Å²) in [6.45, 7) is -1.68. The Morgan fingerprint density at radius 2 is 1.69 bits per heavy atom. The summed E-state index contributed by atoms with van der Waals surface area (Å²) < 4.78 is 76.2. The van der Waals surface area contributed by atoms with Crippen molar-refractivity contribution in [2.45, 2.75) is 31.7 Å². The van der Waals surface area contributed by atoms with Crippen molar-refractivity contribution < 1.29 is 26.7 Å². The van der Waals surface area contributed by atoms with Crippen LogP contribution >= 0.6 is 0 Å². The molecule has 0 atom stereocenters. The summed E-state index contributed by atoms with van der Waals surface area (Å²) in [5, 5.41) is 5.18. The van der Waals surface area contributed by atoms with Gasteiger partial charge >= 0.3 is 12.7 Å². The van der Waals surface area contributed by atoms with Gasteiger partial charge in [-0.3, -0.25) is 9.25 Å². The molecule has 0 aliphatic carbocycles. The fourth-order valence-electron chi connectivity index (χ4n) is 5.18. The Bertz CT molecular complexity index is 1650. The maximum atomic E-state index is 13.9. The van der Waals surface area contributed by atoms with E-state index in [0.717, 1.165) is 22.2 Å². The fraction of sp³-hybridized carbons (Fsp3) is 0.286. The van der Waals surface area contributed by atoms with E-state index >= 15 is 0 Å². The first-order chi connectivity index (χ1) is 18.7. The predicted molar refractivity (Wildman–Crippen MR) is 138 cm³/mol. The quantitative estimate of drug-likeness (QED) is 0.224. The van der Waals surface area contributed by atoms with Crippen LogP contribution in [-0.4, -0.2) is 38.5 Å². The van der Waals surface area contributed by atoms with Gasteiger partial charge in [0, 0.05) is 50.0 Å². The monoisotopic (exact) mass is 541 g/mol. The molecule has 0 saturated carbocycles. The number of hydrogen-bond donors (Lipinski definition) is 0. The molecule has 5 aromatic rings. The molecule has 0 radical (unpaired) electrons. The Morgan fingerprint density at radius 1 is 0.923 bits per heavy atom. The highest BCUT2D eigenvalue weighted by Gasteiger charge is 2.31. The van der Waals surface area contributed by atoms with Crippen LogP contribution in [0.4, 0.5) is 27.9 Å². The number of nitrogens with zero attached hydrogens (tertiary/aromatic N) is 5.